The summed E-state index contributed by atoms with van der Waals surface area (Å²) >= 11 is 0. The second kappa shape index (κ2) is 3.39. The molecule has 0 amide bonds. The molecule has 0 radical (unpaired) electrons. The third-order valence-electron chi connectivity index (χ3n) is 2.16. The Morgan fingerprint density at radius 2 is 2.00 bits per heavy atom. The van der Waals surface area contributed by atoms with Crippen molar-refractivity contribution >= 4 is 9.84 Å². The molecule has 1 aromatic rings. The number of nitrogens with two attached hydrogens (primary N) is 1. The Morgan fingerprint density at radius 1 is 1.33 bits per heavy atom. The van der Waals surface area contributed by atoms with Crippen LogP contribution < -0.4 is 15.2 Å². The third kappa shape index (κ3) is 1.66. The molecule has 0 bridgehead atoms. The molecule has 2 rings (SSSR count). The highest BCUT2D eigenvalue weighted by atomic mass is 32.2. The lowest BCUT2D eigenvalue weighted by atomic mass is 10.3. The largest absolute Gasteiger partial charge is 0.454 e. The van der Waals surface area contributed by atoms with Crippen molar-refractivity contribution in [1.82, 2.24) is 0 Å². The molecule has 6 heteroatoms. The number of rotatable bonds is 2. The Balaban J connectivity index is 2.48. The molecule has 15 heavy (non-hydrogen) atoms. The predicted octanol–water partition coefficient (Wildman–Crippen LogP) is 0.494. The maximum atomic E-state index is 11.7. The van der Waals surface area contributed by atoms with Crippen LogP contribution in [0.4, 0.5) is 0 Å². The molecule has 0 spiro atoms. The van der Waals surface area contributed by atoms with Crippen molar-refractivity contribution < 1.29 is 17.9 Å². The van der Waals surface area contributed by atoms with Crippen LogP contribution >= 0.6 is 0 Å². The number of ether oxygens (including phenoxy) is 2. The Kier molecular flexibility index (Phi) is 2.32. The standard InChI is InChI=1S/C9H11NO4S/c1-6(10)15(11,12)7-2-3-8-9(4-7)14-5-13-8/h2-4,6H,5,10H2,1H3. The van der Waals surface area contributed by atoms with Gasteiger partial charge in [-0.15, -0.1) is 0 Å². The summed E-state index contributed by atoms with van der Waals surface area (Å²) in [7, 11) is -3.46. The van der Waals surface area contributed by atoms with Crippen LogP contribution in [0.15, 0.2) is 23.1 Å². The monoisotopic (exact) mass is 229 g/mol. The summed E-state index contributed by atoms with van der Waals surface area (Å²) < 4.78 is 33.6. The van der Waals surface area contributed by atoms with E-state index in [1.54, 1.807) is 6.07 Å². The summed E-state index contributed by atoms with van der Waals surface area (Å²) in [5.74, 6) is 0.996. The van der Waals surface area contributed by atoms with Gasteiger partial charge in [-0.1, -0.05) is 0 Å². The molecule has 2 N–H and O–H groups in total. The van der Waals surface area contributed by atoms with Gasteiger partial charge in [-0.05, 0) is 19.1 Å². The van der Waals surface area contributed by atoms with Crippen molar-refractivity contribution in [3.63, 3.8) is 0 Å². The van der Waals surface area contributed by atoms with E-state index in [-0.39, 0.29) is 11.7 Å². The number of sulfone groups is 1. The van der Waals surface area contributed by atoms with Crippen LogP contribution in [0, 0.1) is 0 Å². The summed E-state index contributed by atoms with van der Waals surface area (Å²) in [4.78, 5) is 0.154. The van der Waals surface area contributed by atoms with Gasteiger partial charge in [-0.25, -0.2) is 8.42 Å². The molecule has 1 aromatic carbocycles. The van der Waals surface area contributed by atoms with E-state index in [9.17, 15) is 8.42 Å². The molecule has 0 saturated carbocycles. The zero-order valence-electron chi connectivity index (χ0n) is 8.14. The summed E-state index contributed by atoms with van der Waals surface area (Å²) in [5.41, 5.74) is 5.39. The Morgan fingerprint density at radius 3 is 2.67 bits per heavy atom. The molecule has 0 aromatic heterocycles. The van der Waals surface area contributed by atoms with Crippen LogP contribution in [0.1, 0.15) is 6.92 Å². The number of fused-ring (bicyclic) bond motifs is 1. The number of hydrogen-bond donors (Lipinski definition) is 1. The second-order valence-corrected chi connectivity index (χ2v) is 5.57. The average molecular weight is 229 g/mol. The molecule has 82 valence electrons. The molecule has 1 heterocycles. The zero-order chi connectivity index (χ0) is 11.1. The molecule has 0 fully saturated rings. The van der Waals surface area contributed by atoms with E-state index in [4.69, 9.17) is 15.2 Å². The molecular weight excluding hydrogens is 218 g/mol. The SMILES string of the molecule is CC(N)S(=O)(=O)c1ccc2c(c1)OCO2. The Labute approximate surface area is 87.7 Å². The van der Waals surface area contributed by atoms with Crippen molar-refractivity contribution in [2.75, 3.05) is 6.79 Å². The summed E-state index contributed by atoms with van der Waals surface area (Å²) in [6, 6.07) is 4.46. The smallest absolute Gasteiger partial charge is 0.231 e. The van der Waals surface area contributed by atoms with E-state index >= 15 is 0 Å². The van der Waals surface area contributed by atoms with Gasteiger partial charge < -0.3 is 15.2 Å². The van der Waals surface area contributed by atoms with E-state index < -0.39 is 15.2 Å². The molecule has 1 aliphatic rings. The maximum absolute atomic E-state index is 11.7. The Hall–Kier alpha value is -1.27. The van der Waals surface area contributed by atoms with Gasteiger partial charge in [0.2, 0.25) is 6.79 Å². The van der Waals surface area contributed by atoms with Gasteiger partial charge >= 0.3 is 0 Å². The molecule has 1 atom stereocenters. The number of hydrogen-bond acceptors (Lipinski definition) is 5. The van der Waals surface area contributed by atoms with Gasteiger partial charge in [-0.3, -0.25) is 0 Å². The Bertz CT molecular complexity index is 481. The van der Waals surface area contributed by atoms with E-state index in [1.165, 1.54) is 19.1 Å². The van der Waals surface area contributed by atoms with Gasteiger partial charge in [0.15, 0.2) is 21.3 Å². The van der Waals surface area contributed by atoms with Crippen molar-refractivity contribution in [3.8, 4) is 11.5 Å². The van der Waals surface area contributed by atoms with Gasteiger partial charge in [0, 0.05) is 6.07 Å². The summed E-state index contributed by atoms with van der Waals surface area (Å²) in [6.45, 7) is 1.55. The molecule has 0 saturated heterocycles. The normalized spacial score (nSPS) is 16.4. The van der Waals surface area contributed by atoms with Crippen molar-refractivity contribution in [3.05, 3.63) is 18.2 Å². The second-order valence-electron chi connectivity index (χ2n) is 3.27. The third-order valence-corrected chi connectivity index (χ3v) is 4.05. The predicted molar refractivity (Wildman–Crippen MR) is 53.4 cm³/mol. The fourth-order valence-corrected chi connectivity index (χ4v) is 2.23. The molecule has 5 nitrogen and oxygen atoms in total. The van der Waals surface area contributed by atoms with E-state index in [1.807, 2.05) is 0 Å². The van der Waals surface area contributed by atoms with Crippen LogP contribution in [0.3, 0.4) is 0 Å². The summed E-state index contributed by atoms with van der Waals surface area (Å²) in [5, 5.41) is -0.933. The van der Waals surface area contributed by atoms with Crippen LogP contribution in [0.2, 0.25) is 0 Å². The highest BCUT2D eigenvalue weighted by molar-refractivity contribution is 7.92. The van der Waals surface area contributed by atoms with Gasteiger partial charge in [0.05, 0.1) is 4.90 Å². The lowest BCUT2D eigenvalue weighted by molar-refractivity contribution is 0.174. The van der Waals surface area contributed by atoms with Crippen LogP contribution in [-0.2, 0) is 9.84 Å². The highest BCUT2D eigenvalue weighted by Crippen LogP contribution is 2.34. The fourth-order valence-electron chi connectivity index (χ4n) is 1.27. The first-order chi connectivity index (χ1) is 7.01. The molecule has 1 aliphatic heterocycles. The van der Waals surface area contributed by atoms with Crippen molar-refractivity contribution in [1.29, 1.82) is 0 Å². The van der Waals surface area contributed by atoms with Crippen molar-refractivity contribution in [2.45, 2.75) is 17.2 Å². The molecule has 0 aliphatic carbocycles. The van der Waals surface area contributed by atoms with E-state index in [0.29, 0.717) is 11.5 Å². The quantitative estimate of drug-likeness (QED) is 0.798. The van der Waals surface area contributed by atoms with E-state index in [2.05, 4.69) is 0 Å². The van der Waals surface area contributed by atoms with Crippen LogP contribution in [0.25, 0.3) is 0 Å². The first kappa shape index (κ1) is 10.3. The highest BCUT2D eigenvalue weighted by Gasteiger charge is 2.23. The van der Waals surface area contributed by atoms with Crippen LogP contribution in [0.5, 0.6) is 11.5 Å². The van der Waals surface area contributed by atoms with E-state index in [0.717, 1.165) is 0 Å². The lowest BCUT2D eigenvalue weighted by Crippen LogP contribution is -2.26. The van der Waals surface area contributed by atoms with Crippen molar-refractivity contribution in [2.24, 2.45) is 5.73 Å². The fraction of sp³-hybridized carbons (Fsp3) is 0.333. The lowest BCUT2D eigenvalue weighted by Gasteiger charge is -2.07. The van der Waals surface area contributed by atoms with Gasteiger partial charge in [0.25, 0.3) is 0 Å². The topological polar surface area (TPSA) is 78.6 Å². The zero-order valence-corrected chi connectivity index (χ0v) is 8.95. The molecule has 1 unspecified atom stereocenters. The summed E-state index contributed by atoms with van der Waals surface area (Å²) in [6.07, 6.45) is 0. The molecular formula is C9H11NO4S. The minimum absolute atomic E-state index is 0.122. The first-order valence-corrected chi connectivity index (χ1v) is 5.95. The maximum Gasteiger partial charge on any atom is 0.231 e. The van der Waals surface area contributed by atoms with Gasteiger partial charge in [-0.2, -0.15) is 0 Å². The first-order valence-electron chi connectivity index (χ1n) is 4.41. The number of benzene rings is 1. The van der Waals surface area contributed by atoms with Crippen LogP contribution in [-0.4, -0.2) is 20.6 Å². The average Bonchev–Trinajstić information content (AvgIpc) is 2.63. The minimum atomic E-state index is -3.46. The minimum Gasteiger partial charge on any atom is -0.454 e. The van der Waals surface area contributed by atoms with Gasteiger partial charge in [0.1, 0.15) is 5.37 Å².